The van der Waals surface area contributed by atoms with Gasteiger partial charge < -0.3 is 20.7 Å². The lowest BCUT2D eigenvalue weighted by atomic mass is 10.1. The molecule has 0 radical (unpaired) electrons. The molecular formula is C20H23N3O3. The predicted octanol–water partition coefficient (Wildman–Crippen LogP) is 2.78. The Kier molecular flexibility index (Phi) is 6.22. The Morgan fingerprint density at radius 3 is 2.54 bits per heavy atom. The van der Waals surface area contributed by atoms with Gasteiger partial charge >= 0.3 is 0 Å². The van der Waals surface area contributed by atoms with E-state index in [9.17, 15) is 9.59 Å². The van der Waals surface area contributed by atoms with Crippen molar-refractivity contribution in [1.29, 1.82) is 0 Å². The molecule has 1 unspecified atom stereocenters. The van der Waals surface area contributed by atoms with E-state index in [1.807, 2.05) is 30.3 Å². The van der Waals surface area contributed by atoms with Gasteiger partial charge in [0.2, 0.25) is 5.91 Å². The van der Waals surface area contributed by atoms with Crippen molar-refractivity contribution in [2.45, 2.75) is 25.3 Å². The second-order valence-electron chi connectivity index (χ2n) is 6.28. The number of para-hydroxylation sites is 1. The molecule has 2 amide bonds. The van der Waals surface area contributed by atoms with Gasteiger partial charge in [-0.3, -0.25) is 9.59 Å². The van der Waals surface area contributed by atoms with Gasteiger partial charge in [-0.1, -0.05) is 24.3 Å². The highest BCUT2D eigenvalue weighted by Gasteiger charge is 2.17. The maximum Gasteiger partial charge on any atom is 0.262 e. The Labute approximate surface area is 152 Å². The standard InChI is InChI=1S/C20H23N3O3/c24-19(13-16-9-5-11-21-16)23-17-8-4-10-18(12-17)26-14-20(25)22-15-6-2-1-3-7-15/h1-4,6-8,10,12,16,21H,5,9,11,13-14H2,(H,22,25)(H,23,24). The molecule has 2 aromatic rings. The molecule has 3 N–H and O–H groups in total. The largest absolute Gasteiger partial charge is 0.484 e. The molecule has 1 atom stereocenters. The molecule has 26 heavy (non-hydrogen) atoms. The summed E-state index contributed by atoms with van der Waals surface area (Å²) in [6.45, 7) is 0.880. The fourth-order valence-electron chi connectivity index (χ4n) is 2.90. The molecule has 6 nitrogen and oxygen atoms in total. The van der Waals surface area contributed by atoms with Crippen LogP contribution in [0, 0.1) is 0 Å². The highest BCUT2D eigenvalue weighted by atomic mass is 16.5. The Balaban J connectivity index is 1.47. The number of amides is 2. The quantitative estimate of drug-likeness (QED) is 0.715. The average molecular weight is 353 g/mol. The van der Waals surface area contributed by atoms with Gasteiger partial charge in [0, 0.05) is 29.9 Å². The molecular weight excluding hydrogens is 330 g/mol. The Morgan fingerprint density at radius 1 is 1.00 bits per heavy atom. The van der Waals surface area contributed by atoms with Gasteiger partial charge in [-0.2, -0.15) is 0 Å². The fraction of sp³-hybridized carbons (Fsp3) is 0.300. The molecule has 6 heteroatoms. The Bertz CT molecular complexity index is 743. The fourth-order valence-corrected chi connectivity index (χ4v) is 2.90. The van der Waals surface area contributed by atoms with Gasteiger partial charge in [0.15, 0.2) is 6.61 Å². The highest BCUT2D eigenvalue weighted by molar-refractivity contribution is 5.92. The van der Waals surface area contributed by atoms with E-state index in [4.69, 9.17) is 4.74 Å². The third-order valence-electron chi connectivity index (χ3n) is 4.14. The SMILES string of the molecule is O=C(COc1cccc(NC(=O)CC2CCCN2)c1)Nc1ccccc1. The maximum absolute atomic E-state index is 12.1. The van der Waals surface area contributed by atoms with E-state index in [0.717, 1.165) is 25.1 Å². The molecule has 1 aliphatic rings. The van der Waals surface area contributed by atoms with Crippen LogP contribution < -0.4 is 20.7 Å². The van der Waals surface area contributed by atoms with Gasteiger partial charge in [0.25, 0.3) is 5.91 Å². The van der Waals surface area contributed by atoms with Crippen molar-refractivity contribution >= 4 is 23.2 Å². The van der Waals surface area contributed by atoms with E-state index in [0.29, 0.717) is 17.9 Å². The van der Waals surface area contributed by atoms with E-state index in [2.05, 4.69) is 16.0 Å². The zero-order valence-electron chi connectivity index (χ0n) is 14.5. The van der Waals surface area contributed by atoms with Crippen LogP contribution in [0.25, 0.3) is 0 Å². The average Bonchev–Trinajstić information content (AvgIpc) is 3.14. The second kappa shape index (κ2) is 9.01. The third-order valence-corrected chi connectivity index (χ3v) is 4.14. The number of hydrogen-bond acceptors (Lipinski definition) is 4. The first-order valence-electron chi connectivity index (χ1n) is 8.80. The minimum atomic E-state index is -0.238. The summed E-state index contributed by atoms with van der Waals surface area (Å²) >= 11 is 0. The first-order chi connectivity index (χ1) is 12.7. The molecule has 136 valence electrons. The van der Waals surface area contributed by atoms with Gasteiger partial charge in [0.05, 0.1) is 0 Å². The van der Waals surface area contributed by atoms with Gasteiger partial charge in [0.1, 0.15) is 5.75 Å². The van der Waals surface area contributed by atoms with E-state index in [1.54, 1.807) is 24.3 Å². The minimum Gasteiger partial charge on any atom is -0.484 e. The number of ether oxygens (including phenoxy) is 1. The third kappa shape index (κ3) is 5.60. The summed E-state index contributed by atoms with van der Waals surface area (Å²) in [7, 11) is 0. The summed E-state index contributed by atoms with van der Waals surface area (Å²) < 4.78 is 5.52. The summed E-state index contributed by atoms with van der Waals surface area (Å²) in [4.78, 5) is 24.0. The van der Waals surface area contributed by atoms with Gasteiger partial charge in [-0.15, -0.1) is 0 Å². The lowest BCUT2D eigenvalue weighted by Crippen LogP contribution is -2.27. The van der Waals surface area contributed by atoms with Crippen LogP contribution in [-0.2, 0) is 9.59 Å². The lowest BCUT2D eigenvalue weighted by molar-refractivity contribution is -0.118. The highest BCUT2D eigenvalue weighted by Crippen LogP contribution is 2.18. The van der Waals surface area contributed by atoms with Crippen LogP contribution in [-0.4, -0.2) is 31.0 Å². The Morgan fingerprint density at radius 2 is 1.77 bits per heavy atom. The van der Waals surface area contributed by atoms with Crippen LogP contribution in [0.5, 0.6) is 5.75 Å². The number of anilines is 2. The van der Waals surface area contributed by atoms with Gasteiger partial charge in [-0.25, -0.2) is 0 Å². The summed E-state index contributed by atoms with van der Waals surface area (Å²) in [5, 5.41) is 8.94. The van der Waals surface area contributed by atoms with Gasteiger partial charge in [-0.05, 0) is 43.7 Å². The summed E-state index contributed by atoms with van der Waals surface area (Å²) in [5.41, 5.74) is 1.39. The van der Waals surface area contributed by atoms with Crippen LogP contribution in [0.15, 0.2) is 54.6 Å². The van der Waals surface area contributed by atoms with Crippen molar-refractivity contribution in [2.75, 3.05) is 23.8 Å². The molecule has 1 aliphatic heterocycles. The number of rotatable bonds is 7. The number of nitrogens with one attached hydrogen (secondary N) is 3. The topological polar surface area (TPSA) is 79.5 Å². The van der Waals surface area contributed by atoms with Crippen LogP contribution in [0.2, 0.25) is 0 Å². The smallest absolute Gasteiger partial charge is 0.262 e. The van der Waals surface area contributed by atoms with Crippen LogP contribution in [0.4, 0.5) is 11.4 Å². The molecule has 1 saturated heterocycles. The van der Waals surface area contributed by atoms with Crippen molar-refractivity contribution in [3.63, 3.8) is 0 Å². The second-order valence-corrected chi connectivity index (χ2v) is 6.28. The van der Waals surface area contributed by atoms with E-state index in [1.165, 1.54) is 0 Å². The predicted molar refractivity (Wildman–Crippen MR) is 101 cm³/mol. The number of carbonyl (C=O) groups is 2. The summed E-state index contributed by atoms with van der Waals surface area (Å²) in [5.74, 6) is 0.270. The maximum atomic E-state index is 12.1. The molecule has 2 aromatic carbocycles. The van der Waals surface area contributed by atoms with Crippen LogP contribution in [0.3, 0.4) is 0 Å². The molecule has 0 saturated carbocycles. The van der Waals surface area contributed by atoms with Crippen molar-refractivity contribution < 1.29 is 14.3 Å². The Hall–Kier alpha value is -2.86. The van der Waals surface area contributed by atoms with Crippen LogP contribution in [0.1, 0.15) is 19.3 Å². The van der Waals surface area contributed by atoms with Crippen molar-refractivity contribution in [2.24, 2.45) is 0 Å². The minimum absolute atomic E-state index is 0.0247. The lowest BCUT2D eigenvalue weighted by Gasteiger charge is -2.12. The molecule has 1 fully saturated rings. The van der Waals surface area contributed by atoms with Crippen molar-refractivity contribution in [1.82, 2.24) is 5.32 Å². The zero-order chi connectivity index (χ0) is 18.2. The van der Waals surface area contributed by atoms with Crippen LogP contribution >= 0.6 is 0 Å². The molecule has 0 aromatic heterocycles. The monoisotopic (exact) mass is 353 g/mol. The summed E-state index contributed by atoms with van der Waals surface area (Å²) in [6.07, 6.45) is 2.62. The number of carbonyl (C=O) groups excluding carboxylic acids is 2. The van der Waals surface area contributed by atoms with E-state index >= 15 is 0 Å². The normalized spacial score (nSPS) is 16.1. The molecule has 0 aliphatic carbocycles. The molecule has 3 rings (SSSR count). The number of hydrogen-bond donors (Lipinski definition) is 3. The molecule has 0 spiro atoms. The van der Waals surface area contributed by atoms with E-state index in [-0.39, 0.29) is 24.5 Å². The summed E-state index contributed by atoms with van der Waals surface area (Å²) in [6, 6.07) is 16.5. The molecule has 0 bridgehead atoms. The first kappa shape index (κ1) is 17.9. The number of benzene rings is 2. The van der Waals surface area contributed by atoms with Crippen molar-refractivity contribution in [3.8, 4) is 5.75 Å². The zero-order valence-corrected chi connectivity index (χ0v) is 14.5. The van der Waals surface area contributed by atoms with E-state index < -0.39 is 0 Å². The first-order valence-corrected chi connectivity index (χ1v) is 8.80. The molecule has 1 heterocycles. The van der Waals surface area contributed by atoms with Crippen molar-refractivity contribution in [3.05, 3.63) is 54.6 Å².